The van der Waals surface area contributed by atoms with Crippen LogP contribution in [0.25, 0.3) is 0 Å². The van der Waals surface area contributed by atoms with Gasteiger partial charge >= 0.3 is 5.97 Å². The number of likely N-dealkylation sites (tertiary alicyclic amines) is 1. The molecule has 0 aromatic heterocycles. The van der Waals surface area contributed by atoms with Crippen molar-refractivity contribution < 1.29 is 43.5 Å². The van der Waals surface area contributed by atoms with Gasteiger partial charge < -0.3 is 93.9 Å². The van der Waals surface area contributed by atoms with Crippen LogP contribution in [-0.2, 0) is 38.4 Å². The number of aliphatic imine (C=N–C) groups is 4. The number of nitrogens with zero attached hydrogens (tertiary/aromatic N) is 5. The molecule has 0 spiro atoms. The molecule has 29 nitrogen and oxygen atoms in total. The zero-order chi connectivity index (χ0) is 49.9. The number of hydrogen-bond donors (Lipinski definition) is 16. The van der Waals surface area contributed by atoms with Gasteiger partial charge in [0.05, 0.1) is 6.04 Å². The van der Waals surface area contributed by atoms with Gasteiger partial charge in [-0.1, -0.05) is 0 Å². The Morgan fingerprint density at radius 1 is 0.545 bits per heavy atom. The summed E-state index contributed by atoms with van der Waals surface area (Å²) in [6, 6.07) is -8.94. The van der Waals surface area contributed by atoms with Gasteiger partial charge in [-0.25, -0.2) is 4.79 Å². The van der Waals surface area contributed by atoms with E-state index in [1.54, 1.807) is 0 Å². The van der Waals surface area contributed by atoms with Crippen molar-refractivity contribution in [1.82, 2.24) is 31.5 Å². The SMILES string of the molecule is CC(NC(=O)C(CCCN=C(N)N)NC(=O)C(CCCN=C(N)N)NC(=O)C(CCCN=C(N)N)NC(=O)C(CCC(N)=O)NC(=O)C(N)CCCN=C(N)N)C(=O)N1CCCC1C(=O)O. The summed E-state index contributed by atoms with van der Waals surface area (Å²) in [6.07, 6.45) is 0.643. The second kappa shape index (κ2) is 30.0. The molecule has 1 aliphatic heterocycles. The van der Waals surface area contributed by atoms with Crippen LogP contribution in [0.3, 0.4) is 0 Å². The van der Waals surface area contributed by atoms with E-state index in [9.17, 15) is 43.5 Å². The van der Waals surface area contributed by atoms with E-state index >= 15 is 0 Å². The number of guanidine groups is 4. The molecule has 26 N–H and O–H groups in total. The highest BCUT2D eigenvalue weighted by atomic mass is 16.4. The Morgan fingerprint density at radius 3 is 1.26 bits per heavy atom. The number of nitrogens with one attached hydrogen (secondary N) is 5. The third-order valence-corrected chi connectivity index (χ3v) is 9.90. The van der Waals surface area contributed by atoms with E-state index in [1.807, 2.05) is 0 Å². The quantitative estimate of drug-likeness (QED) is 0.0174. The van der Waals surface area contributed by atoms with E-state index in [1.165, 1.54) is 6.92 Å². The highest BCUT2D eigenvalue weighted by molar-refractivity contribution is 5.97. The molecule has 0 aliphatic carbocycles. The summed E-state index contributed by atoms with van der Waals surface area (Å²) in [5.41, 5.74) is 54.8. The predicted molar refractivity (Wildman–Crippen MR) is 244 cm³/mol. The summed E-state index contributed by atoms with van der Waals surface area (Å²) in [4.78, 5) is 122. The summed E-state index contributed by atoms with van der Waals surface area (Å²) in [7, 11) is 0. The number of aliphatic carboxylic acids is 1. The van der Waals surface area contributed by atoms with Gasteiger partial charge in [0.1, 0.15) is 36.3 Å². The molecule has 7 unspecified atom stereocenters. The highest BCUT2D eigenvalue weighted by Crippen LogP contribution is 2.18. The first-order valence-corrected chi connectivity index (χ1v) is 21.3. The summed E-state index contributed by atoms with van der Waals surface area (Å²) in [6.45, 7) is 1.82. The first kappa shape index (κ1) is 56.8. The van der Waals surface area contributed by atoms with E-state index in [2.05, 4.69) is 46.6 Å². The lowest BCUT2D eigenvalue weighted by Crippen LogP contribution is -2.59. The summed E-state index contributed by atoms with van der Waals surface area (Å²) >= 11 is 0. The average molecular weight is 939 g/mol. The molecule has 0 aromatic rings. The Morgan fingerprint density at radius 2 is 0.894 bits per heavy atom. The van der Waals surface area contributed by atoms with Crippen LogP contribution in [0, 0.1) is 0 Å². The van der Waals surface area contributed by atoms with Crippen molar-refractivity contribution in [2.75, 3.05) is 32.7 Å². The topological polar surface area (TPSA) is 530 Å². The highest BCUT2D eigenvalue weighted by Gasteiger charge is 2.37. The third kappa shape index (κ3) is 22.9. The third-order valence-electron chi connectivity index (χ3n) is 9.90. The molecule has 372 valence electrons. The fourth-order valence-corrected chi connectivity index (χ4v) is 6.53. The molecule has 0 radical (unpaired) electrons. The lowest BCUT2D eigenvalue weighted by molar-refractivity contribution is -0.149. The van der Waals surface area contributed by atoms with Crippen LogP contribution in [0.15, 0.2) is 20.0 Å². The second-order valence-corrected chi connectivity index (χ2v) is 15.4. The Balaban J connectivity index is 3.48. The van der Waals surface area contributed by atoms with Crippen LogP contribution < -0.4 is 83.9 Å². The minimum atomic E-state index is -1.41. The maximum absolute atomic E-state index is 14.1. The van der Waals surface area contributed by atoms with Gasteiger partial charge in [0.15, 0.2) is 23.8 Å². The second-order valence-electron chi connectivity index (χ2n) is 15.4. The largest absolute Gasteiger partial charge is 0.480 e. The first-order chi connectivity index (χ1) is 31.0. The number of carbonyl (C=O) groups is 8. The Kier molecular flexibility index (Phi) is 25.9. The van der Waals surface area contributed by atoms with Crippen LogP contribution in [0.4, 0.5) is 0 Å². The van der Waals surface area contributed by atoms with Crippen LogP contribution in [0.5, 0.6) is 0 Å². The van der Waals surface area contributed by atoms with Gasteiger partial charge in [-0.05, 0) is 77.6 Å². The van der Waals surface area contributed by atoms with E-state index in [0.717, 1.165) is 4.90 Å². The van der Waals surface area contributed by atoms with E-state index in [-0.39, 0.29) is 121 Å². The smallest absolute Gasteiger partial charge is 0.326 e. The molecule has 66 heavy (non-hydrogen) atoms. The van der Waals surface area contributed by atoms with Crippen molar-refractivity contribution in [1.29, 1.82) is 0 Å². The summed E-state index contributed by atoms with van der Waals surface area (Å²) < 4.78 is 0. The molecule has 7 atom stereocenters. The fourth-order valence-electron chi connectivity index (χ4n) is 6.53. The van der Waals surface area contributed by atoms with Crippen molar-refractivity contribution in [3.8, 4) is 0 Å². The van der Waals surface area contributed by atoms with Crippen LogP contribution in [0.1, 0.15) is 84.0 Å². The van der Waals surface area contributed by atoms with Crippen molar-refractivity contribution in [3.05, 3.63) is 0 Å². The number of hydrogen-bond acceptors (Lipinski definition) is 13. The molecule has 1 saturated heterocycles. The monoisotopic (exact) mass is 939 g/mol. The average Bonchev–Trinajstić information content (AvgIpc) is 3.74. The number of carboxylic acid groups (broad SMARTS) is 1. The minimum Gasteiger partial charge on any atom is -0.480 e. The van der Waals surface area contributed by atoms with E-state index in [4.69, 9.17) is 57.3 Å². The molecule has 7 amide bonds. The van der Waals surface area contributed by atoms with Gasteiger partial charge in [-0.2, -0.15) is 0 Å². The van der Waals surface area contributed by atoms with Gasteiger partial charge in [0.25, 0.3) is 0 Å². The molecule has 1 rings (SSSR count). The molecule has 0 saturated carbocycles. The van der Waals surface area contributed by atoms with Crippen LogP contribution >= 0.6 is 0 Å². The van der Waals surface area contributed by atoms with Gasteiger partial charge in [-0.15, -0.1) is 0 Å². The normalized spacial score (nSPS) is 15.7. The zero-order valence-corrected chi connectivity index (χ0v) is 37.3. The van der Waals surface area contributed by atoms with Crippen molar-refractivity contribution in [2.45, 2.75) is 126 Å². The summed E-state index contributed by atoms with van der Waals surface area (Å²) in [5.74, 6) is -7.69. The molecule has 0 bridgehead atoms. The molecule has 29 heteroatoms. The van der Waals surface area contributed by atoms with Gasteiger partial charge in [0, 0.05) is 39.1 Å². The van der Waals surface area contributed by atoms with E-state index < -0.39 is 89.6 Å². The van der Waals surface area contributed by atoms with Crippen LogP contribution in [-0.4, -0.2) is 156 Å². The fraction of sp³-hybridized carbons (Fsp3) is 0.676. The number of amides is 7. The van der Waals surface area contributed by atoms with Gasteiger partial charge in [-0.3, -0.25) is 53.5 Å². The Hall–Kier alpha value is -7.20. The molecule has 1 aliphatic rings. The Labute approximate surface area is 381 Å². The molecular formula is C37H70N20O9. The number of primary amides is 1. The molecule has 1 fully saturated rings. The first-order valence-electron chi connectivity index (χ1n) is 21.3. The minimum absolute atomic E-state index is 0.0211. The number of rotatable bonds is 31. The van der Waals surface area contributed by atoms with Crippen molar-refractivity contribution in [3.63, 3.8) is 0 Å². The summed E-state index contributed by atoms with van der Waals surface area (Å²) in [5, 5.41) is 22.4. The number of nitrogens with two attached hydrogens (primary N) is 10. The standard InChI is InChI=1S/C37H70N20O9/c1-19(32(64)57-18-6-11-25(57)33(65)66)52-28(60)21(8-3-15-49-35(42)43)54-29(61)22(9-4-16-50-36(44)45)55-30(62)23(10-5-17-51-37(46)47)56-31(63)24(12-13-26(39)58)53-27(59)20(38)7-2-14-48-34(40)41/h19-25H,2-18,38H2,1H3,(H2,39,58)(H,52,60)(H,53,59)(H,54,61)(H,55,62)(H,56,63)(H,65,66)(H4,40,41,48)(H4,42,43,49)(H4,44,45,50)(H4,46,47,51). The van der Waals surface area contributed by atoms with Gasteiger partial charge in [0.2, 0.25) is 41.4 Å². The maximum atomic E-state index is 14.1. The molecule has 0 aromatic carbocycles. The lowest BCUT2D eigenvalue weighted by Gasteiger charge is -2.28. The Bertz CT molecular complexity index is 1780. The van der Waals surface area contributed by atoms with E-state index in [0.29, 0.717) is 12.8 Å². The van der Waals surface area contributed by atoms with Crippen molar-refractivity contribution in [2.24, 2.45) is 77.3 Å². The molecular weight excluding hydrogens is 869 g/mol. The molecule has 1 heterocycles. The number of carboxylic acids is 1. The zero-order valence-electron chi connectivity index (χ0n) is 37.3. The number of carbonyl (C=O) groups excluding carboxylic acids is 7. The maximum Gasteiger partial charge on any atom is 0.326 e. The lowest BCUT2D eigenvalue weighted by atomic mass is 10.0. The van der Waals surface area contributed by atoms with Crippen LogP contribution in [0.2, 0.25) is 0 Å². The predicted octanol–water partition coefficient (Wildman–Crippen LogP) is -7.69. The van der Waals surface area contributed by atoms with Crippen molar-refractivity contribution >= 4 is 71.2 Å².